The monoisotopic (exact) mass is 235 g/mol. The van der Waals surface area contributed by atoms with Crippen molar-refractivity contribution < 1.29 is 19.4 Å². The lowest BCUT2D eigenvalue weighted by atomic mass is 10.2. The summed E-state index contributed by atoms with van der Waals surface area (Å²) in [5.41, 5.74) is -0.553. The van der Waals surface area contributed by atoms with Gasteiger partial charge in [0.2, 0.25) is 0 Å². The molecule has 88 valence electrons. The highest BCUT2D eigenvalue weighted by atomic mass is 32.1. The Morgan fingerprint density at radius 3 is 2.40 bits per heavy atom. The maximum Gasteiger partial charge on any atom is 0.407 e. The van der Waals surface area contributed by atoms with Crippen LogP contribution in [-0.4, -0.2) is 34.6 Å². The zero-order valence-electron chi connectivity index (χ0n) is 9.11. The van der Waals surface area contributed by atoms with E-state index in [1.54, 1.807) is 20.8 Å². The van der Waals surface area contributed by atoms with Crippen molar-refractivity contribution in [2.45, 2.75) is 38.0 Å². The molecule has 0 aromatic heterocycles. The van der Waals surface area contributed by atoms with Gasteiger partial charge in [-0.15, -0.1) is 0 Å². The van der Waals surface area contributed by atoms with Gasteiger partial charge in [0.25, 0.3) is 0 Å². The largest absolute Gasteiger partial charge is 0.481 e. The molecule has 0 aromatic rings. The molecule has 0 fully saturated rings. The van der Waals surface area contributed by atoms with E-state index in [0.29, 0.717) is 0 Å². The zero-order valence-corrected chi connectivity index (χ0v) is 10.0. The number of carbonyl (C=O) groups is 2. The molecule has 6 heteroatoms. The summed E-state index contributed by atoms with van der Waals surface area (Å²) in [7, 11) is 0. The Bertz CT molecular complexity index is 237. The molecular weight excluding hydrogens is 218 g/mol. The van der Waals surface area contributed by atoms with Gasteiger partial charge in [0.1, 0.15) is 5.60 Å². The molecule has 0 radical (unpaired) electrons. The van der Waals surface area contributed by atoms with E-state index < -0.39 is 22.9 Å². The number of carboxylic acid groups (broad SMARTS) is 1. The highest BCUT2D eigenvalue weighted by Gasteiger charge is 2.17. The number of rotatable bonds is 4. The van der Waals surface area contributed by atoms with Crippen LogP contribution in [0.4, 0.5) is 4.79 Å². The van der Waals surface area contributed by atoms with E-state index in [9.17, 15) is 9.59 Å². The Kier molecular flexibility index (Phi) is 5.49. The van der Waals surface area contributed by atoms with Crippen LogP contribution in [0.15, 0.2) is 0 Å². The molecule has 0 heterocycles. The van der Waals surface area contributed by atoms with Crippen molar-refractivity contribution in [2.75, 3.05) is 6.54 Å². The molecule has 0 aliphatic heterocycles. The first-order valence-electron chi connectivity index (χ1n) is 4.57. The summed E-state index contributed by atoms with van der Waals surface area (Å²) in [4.78, 5) is 21.4. The molecule has 1 atom stereocenters. The molecule has 0 aromatic carbocycles. The van der Waals surface area contributed by atoms with Gasteiger partial charge in [0, 0.05) is 11.8 Å². The smallest absolute Gasteiger partial charge is 0.407 e. The second-order valence-corrected chi connectivity index (χ2v) is 4.86. The Balaban J connectivity index is 3.76. The average molecular weight is 235 g/mol. The lowest BCUT2D eigenvalue weighted by Crippen LogP contribution is -2.36. The van der Waals surface area contributed by atoms with Crippen molar-refractivity contribution in [3.63, 3.8) is 0 Å². The summed E-state index contributed by atoms with van der Waals surface area (Å²) in [6.45, 7) is 5.43. The van der Waals surface area contributed by atoms with Gasteiger partial charge in [0.05, 0.1) is 6.42 Å². The minimum absolute atomic E-state index is 0.0983. The van der Waals surface area contributed by atoms with Gasteiger partial charge in [-0.05, 0) is 20.8 Å². The molecule has 15 heavy (non-hydrogen) atoms. The second-order valence-electron chi connectivity index (χ2n) is 4.13. The maximum atomic E-state index is 11.1. The van der Waals surface area contributed by atoms with Gasteiger partial charge >= 0.3 is 12.1 Å². The van der Waals surface area contributed by atoms with E-state index in [1.807, 2.05) is 0 Å². The fourth-order valence-electron chi connectivity index (χ4n) is 0.789. The molecule has 0 saturated heterocycles. The first kappa shape index (κ1) is 14.1. The number of carbonyl (C=O) groups excluding carboxylic acids is 1. The highest BCUT2D eigenvalue weighted by Crippen LogP contribution is 2.07. The summed E-state index contributed by atoms with van der Waals surface area (Å²) in [5, 5.41) is 10.5. The molecule has 1 unspecified atom stereocenters. The SMILES string of the molecule is CC(C)(C)OC(=O)NCC(S)CC(=O)O. The zero-order chi connectivity index (χ0) is 12.1. The summed E-state index contributed by atoms with van der Waals surface area (Å²) >= 11 is 4.00. The van der Waals surface area contributed by atoms with Crippen LogP contribution in [0.5, 0.6) is 0 Å². The fourth-order valence-corrected chi connectivity index (χ4v) is 1.04. The molecule has 0 aliphatic rings. The second kappa shape index (κ2) is 5.85. The van der Waals surface area contributed by atoms with Crippen molar-refractivity contribution in [1.29, 1.82) is 0 Å². The Morgan fingerprint density at radius 2 is 2.00 bits per heavy atom. The van der Waals surface area contributed by atoms with Crippen LogP contribution in [0.1, 0.15) is 27.2 Å². The van der Waals surface area contributed by atoms with Crippen molar-refractivity contribution in [3.05, 3.63) is 0 Å². The van der Waals surface area contributed by atoms with E-state index in [4.69, 9.17) is 9.84 Å². The first-order valence-corrected chi connectivity index (χ1v) is 5.09. The lowest BCUT2D eigenvalue weighted by molar-refractivity contribution is -0.136. The predicted octanol–water partition coefficient (Wildman–Crippen LogP) is 1.28. The summed E-state index contributed by atoms with van der Waals surface area (Å²) in [6, 6.07) is 0. The third kappa shape index (κ3) is 9.40. The van der Waals surface area contributed by atoms with Crippen LogP contribution in [-0.2, 0) is 9.53 Å². The quantitative estimate of drug-likeness (QED) is 0.642. The summed E-state index contributed by atoms with van der Waals surface area (Å²) in [5.74, 6) is -0.944. The fraction of sp³-hybridized carbons (Fsp3) is 0.778. The molecule has 0 aliphatic carbocycles. The molecular formula is C9H17NO4S. The van der Waals surface area contributed by atoms with Crippen LogP contribution in [0.3, 0.4) is 0 Å². The van der Waals surface area contributed by atoms with Crippen LogP contribution in [0.25, 0.3) is 0 Å². The van der Waals surface area contributed by atoms with E-state index in [0.717, 1.165) is 0 Å². The lowest BCUT2D eigenvalue weighted by Gasteiger charge is -2.20. The van der Waals surface area contributed by atoms with E-state index in [2.05, 4.69) is 17.9 Å². The summed E-state index contributed by atoms with van der Waals surface area (Å²) < 4.78 is 4.96. The van der Waals surface area contributed by atoms with Gasteiger partial charge in [-0.1, -0.05) is 0 Å². The third-order valence-electron chi connectivity index (χ3n) is 1.29. The number of alkyl carbamates (subject to hydrolysis) is 1. The van der Waals surface area contributed by atoms with E-state index >= 15 is 0 Å². The topological polar surface area (TPSA) is 75.6 Å². The minimum Gasteiger partial charge on any atom is -0.481 e. The number of carboxylic acids is 1. The molecule has 0 saturated carbocycles. The maximum absolute atomic E-state index is 11.1. The van der Waals surface area contributed by atoms with Gasteiger partial charge in [0.15, 0.2) is 0 Å². The number of amides is 1. The normalized spacial score (nSPS) is 13.1. The first-order chi connectivity index (χ1) is 6.70. The van der Waals surface area contributed by atoms with Crippen LogP contribution >= 0.6 is 12.6 Å². The van der Waals surface area contributed by atoms with Gasteiger partial charge in [-0.2, -0.15) is 12.6 Å². The Morgan fingerprint density at radius 1 is 1.47 bits per heavy atom. The third-order valence-corrected chi connectivity index (χ3v) is 1.66. The molecule has 0 bridgehead atoms. The number of hydrogen-bond acceptors (Lipinski definition) is 4. The van der Waals surface area contributed by atoms with E-state index in [-0.39, 0.29) is 13.0 Å². The number of aliphatic carboxylic acids is 1. The Hall–Kier alpha value is -0.910. The van der Waals surface area contributed by atoms with Gasteiger partial charge in [-0.3, -0.25) is 4.79 Å². The molecule has 5 nitrogen and oxygen atoms in total. The summed E-state index contributed by atoms with van der Waals surface area (Å²) in [6.07, 6.45) is -0.661. The van der Waals surface area contributed by atoms with Crippen molar-refractivity contribution in [1.82, 2.24) is 5.32 Å². The number of thiol groups is 1. The predicted molar refractivity (Wildman–Crippen MR) is 59.3 cm³/mol. The molecule has 0 rings (SSSR count). The van der Waals surface area contributed by atoms with Gasteiger partial charge in [-0.25, -0.2) is 4.79 Å². The number of hydrogen-bond donors (Lipinski definition) is 3. The van der Waals surface area contributed by atoms with Crippen molar-refractivity contribution in [2.24, 2.45) is 0 Å². The minimum atomic E-state index is -0.944. The molecule has 2 N–H and O–H groups in total. The van der Waals surface area contributed by atoms with Crippen LogP contribution in [0.2, 0.25) is 0 Å². The average Bonchev–Trinajstić information content (AvgIpc) is 1.96. The highest BCUT2D eigenvalue weighted by molar-refractivity contribution is 7.81. The van der Waals surface area contributed by atoms with Crippen molar-refractivity contribution >= 4 is 24.7 Å². The standard InChI is InChI=1S/C9H17NO4S/c1-9(2,3)14-8(13)10-5-6(15)4-7(11)12/h6,15H,4-5H2,1-3H3,(H,10,13)(H,11,12). The van der Waals surface area contributed by atoms with Crippen LogP contribution in [0, 0.1) is 0 Å². The van der Waals surface area contributed by atoms with Crippen molar-refractivity contribution in [3.8, 4) is 0 Å². The van der Waals surface area contributed by atoms with Crippen LogP contribution < -0.4 is 5.32 Å². The van der Waals surface area contributed by atoms with Gasteiger partial charge < -0.3 is 15.2 Å². The Labute approximate surface area is 94.6 Å². The molecule has 0 spiro atoms. The van der Waals surface area contributed by atoms with E-state index in [1.165, 1.54) is 0 Å². The number of ether oxygens (including phenoxy) is 1. The molecule has 1 amide bonds. The number of nitrogens with one attached hydrogen (secondary N) is 1.